The van der Waals surface area contributed by atoms with Crippen LogP contribution in [-0.4, -0.2) is 45.9 Å². The molecule has 49 heavy (non-hydrogen) atoms. The Morgan fingerprint density at radius 1 is 0.755 bits per heavy atom. The maximum atomic E-state index is 12.7. The molecule has 0 saturated heterocycles. The fourth-order valence-electron chi connectivity index (χ4n) is 6.93. The Morgan fingerprint density at radius 3 is 1.76 bits per heavy atom. The number of carboxylic acid groups (broad SMARTS) is 1. The lowest BCUT2D eigenvalue weighted by Crippen LogP contribution is -2.41. The first-order valence-corrected chi connectivity index (χ1v) is 17.6. The molecule has 4 N–H and O–H groups in total. The number of hydrogen-bond donors (Lipinski definition) is 4. The van der Waals surface area contributed by atoms with Crippen LogP contribution in [-0.2, 0) is 25.6 Å². The van der Waals surface area contributed by atoms with Gasteiger partial charge in [-0.25, -0.2) is 0 Å². The summed E-state index contributed by atoms with van der Waals surface area (Å²) in [6.45, 7) is 7.37. The van der Waals surface area contributed by atoms with E-state index in [0.29, 0.717) is 28.8 Å². The van der Waals surface area contributed by atoms with Crippen LogP contribution in [0.4, 0.5) is 0 Å². The average molecular weight is 689 g/mol. The van der Waals surface area contributed by atoms with Crippen molar-refractivity contribution >= 4 is 35.2 Å². The number of phenols is 1. The number of benzene rings is 3. The van der Waals surface area contributed by atoms with Gasteiger partial charge in [-0.15, -0.1) is 0 Å². The van der Waals surface area contributed by atoms with E-state index in [1.54, 1.807) is 19.1 Å². The summed E-state index contributed by atoms with van der Waals surface area (Å²) in [6.07, 6.45) is 5.93. The summed E-state index contributed by atoms with van der Waals surface area (Å²) in [5.41, 5.74) is 5.69. The van der Waals surface area contributed by atoms with Crippen LogP contribution in [0.2, 0.25) is 5.02 Å². The van der Waals surface area contributed by atoms with Crippen molar-refractivity contribution in [1.82, 2.24) is 10.6 Å². The van der Waals surface area contributed by atoms with Gasteiger partial charge >= 0.3 is 5.97 Å². The second-order valence-electron chi connectivity index (χ2n) is 13.8. The third-order valence-corrected chi connectivity index (χ3v) is 10.1. The minimum absolute atomic E-state index is 0.0356. The van der Waals surface area contributed by atoms with Gasteiger partial charge in [0.2, 0.25) is 11.8 Å². The lowest BCUT2D eigenvalue weighted by atomic mass is 9.95. The van der Waals surface area contributed by atoms with Gasteiger partial charge in [-0.2, -0.15) is 0 Å². The van der Waals surface area contributed by atoms with Crippen molar-refractivity contribution in [3.8, 4) is 5.75 Å². The van der Waals surface area contributed by atoms with Crippen LogP contribution in [0.1, 0.15) is 98.4 Å². The van der Waals surface area contributed by atoms with Crippen molar-refractivity contribution in [3.05, 3.63) is 99.6 Å². The monoisotopic (exact) mass is 688 g/mol. The number of aryl methyl sites for hydroxylation is 3. The number of aromatic hydroxyl groups is 1. The molecule has 2 aliphatic rings. The van der Waals surface area contributed by atoms with Crippen molar-refractivity contribution in [2.45, 2.75) is 103 Å². The molecule has 0 radical (unpaired) electrons. The molecule has 3 aromatic carbocycles. The number of phenolic OH excluding ortho intramolecular Hbond substituents is 1. The number of Topliss-reactive ketones (excluding diaryl/α,β-unsaturated/α-hetero) is 1. The standard InChI is InChI=1S/C24H28ClNO3.C16H21NO3/c1-15-4-3-5-17(12-15)18-6-7-20(13-18)24(29)26-16(2)22(27)10-8-19-14-21(25)9-11-23(19)28;1-10-4-3-5-12(8-10)13-6-7-14(9-13)15(18)17-11(2)16(19)20/h3-5,9,11-12,14,16,18,20,28H,6-8,10,13H2,1-2H3,(H,26,29);3-5,8,11,13-14H,6-7,9H2,1-2H3,(H,17,18)(H,19,20)/t16-,18-,20+;11-,13-,14+/m00/s1. The van der Waals surface area contributed by atoms with Gasteiger partial charge in [0.05, 0.1) is 6.04 Å². The van der Waals surface area contributed by atoms with Gasteiger partial charge in [0, 0.05) is 23.3 Å². The van der Waals surface area contributed by atoms with Crippen LogP contribution < -0.4 is 10.6 Å². The second kappa shape index (κ2) is 17.5. The summed E-state index contributed by atoms with van der Waals surface area (Å²) in [5, 5.41) is 24.7. The van der Waals surface area contributed by atoms with Crippen molar-refractivity contribution in [3.63, 3.8) is 0 Å². The Hall–Kier alpha value is -4.17. The maximum absolute atomic E-state index is 12.7. The number of rotatable bonds is 11. The molecule has 0 spiro atoms. The molecule has 2 amide bonds. The van der Waals surface area contributed by atoms with Crippen LogP contribution in [0.15, 0.2) is 66.7 Å². The molecular weight excluding hydrogens is 640 g/mol. The Morgan fingerprint density at radius 2 is 1.27 bits per heavy atom. The molecule has 0 aliphatic heterocycles. The van der Waals surface area contributed by atoms with Crippen LogP contribution in [0, 0.1) is 25.7 Å². The fraction of sp³-hybridized carbons (Fsp3) is 0.450. The first-order chi connectivity index (χ1) is 23.3. The summed E-state index contributed by atoms with van der Waals surface area (Å²) < 4.78 is 0. The SMILES string of the molecule is Cc1cccc([C@H]2CC[C@@H](C(=O)N[C@@H](C)C(=O)CCc3cc(Cl)ccc3O)C2)c1.Cc1cccc([C@H]2CC[C@@H](C(=O)N[C@@H](C)C(=O)O)C2)c1. The topological polar surface area (TPSA) is 133 Å². The van der Waals surface area contributed by atoms with E-state index in [1.807, 2.05) is 6.07 Å². The minimum Gasteiger partial charge on any atom is -0.508 e. The van der Waals surface area contributed by atoms with Gasteiger partial charge in [0.15, 0.2) is 5.78 Å². The quantitative estimate of drug-likeness (QED) is 0.166. The number of hydrogen-bond acceptors (Lipinski definition) is 5. The van der Waals surface area contributed by atoms with Gasteiger partial charge in [-0.05, 0) is 119 Å². The highest BCUT2D eigenvalue weighted by Crippen LogP contribution is 2.39. The third-order valence-electron chi connectivity index (χ3n) is 9.89. The summed E-state index contributed by atoms with van der Waals surface area (Å²) in [5.74, 6) is -0.380. The molecule has 0 unspecified atom stereocenters. The highest BCUT2D eigenvalue weighted by molar-refractivity contribution is 6.30. The maximum Gasteiger partial charge on any atom is 0.325 e. The van der Waals surface area contributed by atoms with E-state index < -0.39 is 18.1 Å². The van der Waals surface area contributed by atoms with Crippen molar-refractivity contribution in [1.29, 1.82) is 0 Å². The zero-order chi connectivity index (χ0) is 35.7. The van der Waals surface area contributed by atoms with E-state index in [4.69, 9.17) is 16.7 Å². The first kappa shape index (κ1) is 37.6. The molecule has 2 aliphatic carbocycles. The number of amides is 2. The number of aliphatic carboxylic acids is 1. The average Bonchev–Trinajstić information content (AvgIpc) is 3.77. The van der Waals surface area contributed by atoms with Crippen molar-refractivity contribution < 1.29 is 29.4 Å². The van der Waals surface area contributed by atoms with E-state index in [2.05, 4.69) is 66.9 Å². The molecule has 262 valence electrons. The summed E-state index contributed by atoms with van der Waals surface area (Å²) in [7, 11) is 0. The second-order valence-corrected chi connectivity index (χ2v) is 14.2. The molecular formula is C40H49ClN2O6. The fourth-order valence-corrected chi connectivity index (χ4v) is 7.12. The van der Waals surface area contributed by atoms with Gasteiger partial charge in [0.25, 0.3) is 0 Å². The highest BCUT2D eigenvalue weighted by atomic mass is 35.5. The van der Waals surface area contributed by atoms with Gasteiger partial charge in [-0.3, -0.25) is 19.2 Å². The van der Waals surface area contributed by atoms with Crippen molar-refractivity contribution in [2.75, 3.05) is 0 Å². The lowest BCUT2D eigenvalue weighted by Gasteiger charge is -2.17. The molecule has 0 heterocycles. The van der Waals surface area contributed by atoms with Crippen LogP contribution in [0.5, 0.6) is 5.75 Å². The smallest absolute Gasteiger partial charge is 0.325 e. The van der Waals surface area contributed by atoms with Crippen molar-refractivity contribution in [2.24, 2.45) is 11.8 Å². The first-order valence-electron chi connectivity index (χ1n) is 17.3. The Balaban J connectivity index is 0.000000237. The van der Waals surface area contributed by atoms with E-state index in [1.165, 1.54) is 35.2 Å². The number of carbonyl (C=O) groups excluding carboxylic acids is 3. The predicted octanol–water partition coefficient (Wildman–Crippen LogP) is 7.41. The van der Waals surface area contributed by atoms with Gasteiger partial charge in [-0.1, -0.05) is 71.3 Å². The number of halogens is 1. The van der Waals surface area contributed by atoms with Gasteiger partial charge < -0.3 is 20.8 Å². The summed E-state index contributed by atoms with van der Waals surface area (Å²) in [4.78, 5) is 47.9. The summed E-state index contributed by atoms with van der Waals surface area (Å²) in [6, 6.07) is 20.3. The van der Waals surface area contributed by atoms with Gasteiger partial charge in [0.1, 0.15) is 11.8 Å². The molecule has 8 nitrogen and oxygen atoms in total. The number of ketones is 1. The molecule has 5 rings (SSSR count). The molecule has 2 fully saturated rings. The molecule has 0 bridgehead atoms. The highest BCUT2D eigenvalue weighted by Gasteiger charge is 2.33. The molecule has 2 saturated carbocycles. The Bertz CT molecular complexity index is 1640. The minimum atomic E-state index is -0.994. The van der Waals surface area contributed by atoms with E-state index in [-0.39, 0.29) is 41.6 Å². The molecule has 6 atom stereocenters. The molecule has 3 aromatic rings. The van der Waals surface area contributed by atoms with E-state index in [9.17, 15) is 24.3 Å². The summed E-state index contributed by atoms with van der Waals surface area (Å²) >= 11 is 5.95. The largest absolute Gasteiger partial charge is 0.508 e. The zero-order valence-electron chi connectivity index (χ0n) is 28.9. The van der Waals surface area contributed by atoms with Crippen LogP contribution >= 0.6 is 11.6 Å². The number of carbonyl (C=O) groups is 4. The normalized spacial score (nSPS) is 21.2. The van der Waals surface area contributed by atoms with E-state index in [0.717, 1.165) is 38.5 Å². The number of nitrogens with one attached hydrogen (secondary N) is 2. The predicted molar refractivity (Wildman–Crippen MR) is 192 cm³/mol. The Labute approximate surface area is 294 Å². The third kappa shape index (κ3) is 10.9. The molecule has 9 heteroatoms. The van der Waals surface area contributed by atoms with E-state index >= 15 is 0 Å². The lowest BCUT2D eigenvalue weighted by molar-refractivity contribution is -0.141. The van der Waals surface area contributed by atoms with Crippen LogP contribution in [0.25, 0.3) is 0 Å². The van der Waals surface area contributed by atoms with Crippen LogP contribution in [0.3, 0.4) is 0 Å². The zero-order valence-corrected chi connectivity index (χ0v) is 29.6. The Kier molecular flexibility index (Phi) is 13.4. The number of carboxylic acids is 1. The molecule has 0 aromatic heterocycles.